The molecule has 2 atom stereocenters. The molecule has 0 aliphatic heterocycles. The topological polar surface area (TPSA) is 88.6 Å². The van der Waals surface area contributed by atoms with E-state index in [2.05, 4.69) is 36.2 Å². The Morgan fingerprint density at radius 2 is 2.00 bits per heavy atom. The first kappa shape index (κ1) is 20.6. The van der Waals surface area contributed by atoms with Gasteiger partial charge in [0.15, 0.2) is 11.5 Å². The Labute approximate surface area is 159 Å². The standard InChI is InChI=1S/C21H27NO5/c1-13(12-15-9-7-5-6-8-10-15)11-14(2)17(23)16-18(24)19(26-3)21(27-4)22-20(16)25/h5,7-10,13-14H,6,11-12H2,1-4H3,(H2,22,24,25). The van der Waals surface area contributed by atoms with Crippen molar-refractivity contribution in [3.8, 4) is 17.4 Å². The minimum atomic E-state index is -0.686. The highest BCUT2D eigenvalue weighted by Crippen LogP contribution is 2.36. The summed E-state index contributed by atoms with van der Waals surface area (Å²) in [4.78, 5) is 27.5. The fourth-order valence-electron chi connectivity index (χ4n) is 3.32. The molecule has 1 heterocycles. The largest absolute Gasteiger partial charge is 0.503 e. The van der Waals surface area contributed by atoms with Gasteiger partial charge in [0, 0.05) is 5.92 Å². The van der Waals surface area contributed by atoms with Gasteiger partial charge in [0.25, 0.3) is 5.56 Å². The van der Waals surface area contributed by atoms with Gasteiger partial charge < -0.3 is 14.6 Å². The van der Waals surface area contributed by atoms with Crippen LogP contribution in [0.15, 0.2) is 40.7 Å². The van der Waals surface area contributed by atoms with Gasteiger partial charge in [-0.2, -0.15) is 0 Å². The number of ketones is 1. The first-order valence-corrected chi connectivity index (χ1v) is 9.02. The monoisotopic (exact) mass is 373 g/mol. The number of carbonyl (C=O) groups excluding carboxylic acids is 1. The smallest absolute Gasteiger partial charge is 0.265 e. The van der Waals surface area contributed by atoms with E-state index in [1.807, 2.05) is 6.08 Å². The van der Waals surface area contributed by atoms with Crippen LogP contribution < -0.4 is 15.0 Å². The maximum atomic E-state index is 12.8. The molecule has 0 saturated carbocycles. The number of hydrogen-bond acceptors (Lipinski definition) is 5. The predicted molar refractivity (Wildman–Crippen MR) is 105 cm³/mol. The molecule has 1 aliphatic carbocycles. The normalized spacial score (nSPS) is 15.6. The molecule has 0 fully saturated rings. The van der Waals surface area contributed by atoms with Gasteiger partial charge in [0.1, 0.15) is 5.56 Å². The Kier molecular flexibility index (Phi) is 7.05. The lowest BCUT2D eigenvalue weighted by molar-refractivity contribution is 0.0908. The quantitative estimate of drug-likeness (QED) is 0.677. The zero-order valence-corrected chi connectivity index (χ0v) is 16.2. The lowest BCUT2D eigenvalue weighted by Gasteiger charge is -2.18. The second-order valence-corrected chi connectivity index (χ2v) is 6.86. The Bertz CT molecular complexity index is 832. The first-order valence-electron chi connectivity index (χ1n) is 9.02. The lowest BCUT2D eigenvalue weighted by Crippen LogP contribution is -2.24. The van der Waals surface area contributed by atoms with Crippen LogP contribution in [0.3, 0.4) is 0 Å². The van der Waals surface area contributed by atoms with Crippen LogP contribution in [0.25, 0.3) is 0 Å². The van der Waals surface area contributed by atoms with E-state index in [0.717, 1.165) is 12.8 Å². The molecule has 0 amide bonds. The van der Waals surface area contributed by atoms with E-state index in [0.29, 0.717) is 6.42 Å². The minimum Gasteiger partial charge on any atom is -0.503 e. The number of rotatable bonds is 8. The van der Waals surface area contributed by atoms with Gasteiger partial charge in [-0.25, -0.2) is 0 Å². The van der Waals surface area contributed by atoms with E-state index in [9.17, 15) is 14.7 Å². The van der Waals surface area contributed by atoms with Crippen molar-refractivity contribution in [2.45, 2.75) is 33.1 Å². The van der Waals surface area contributed by atoms with Crippen LogP contribution in [0.1, 0.15) is 43.5 Å². The van der Waals surface area contributed by atoms with Crippen LogP contribution in [-0.2, 0) is 0 Å². The molecule has 6 nitrogen and oxygen atoms in total. The number of pyridine rings is 1. The SMILES string of the molecule is COc1[nH]c(=O)c(C(=O)C(C)CC(C)CC2=CC=CCC=C2)c(O)c1OC. The first-order chi connectivity index (χ1) is 12.9. The number of hydrogen-bond donors (Lipinski definition) is 2. The van der Waals surface area contributed by atoms with Crippen LogP contribution in [-0.4, -0.2) is 30.1 Å². The summed E-state index contributed by atoms with van der Waals surface area (Å²) in [5.41, 5.74) is 0.237. The molecule has 6 heteroatoms. The summed E-state index contributed by atoms with van der Waals surface area (Å²) in [6.07, 6.45) is 12.8. The van der Waals surface area contributed by atoms with E-state index in [1.54, 1.807) is 6.92 Å². The maximum Gasteiger partial charge on any atom is 0.265 e. The zero-order chi connectivity index (χ0) is 20.0. The summed E-state index contributed by atoms with van der Waals surface area (Å²) < 4.78 is 10.0. The molecular weight excluding hydrogens is 346 g/mol. The molecule has 2 unspecified atom stereocenters. The van der Waals surface area contributed by atoms with E-state index in [1.165, 1.54) is 19.8 Å². The predicted octanol–water partition coefficient (Wildman–Crippen LogP) is 3.78. The van der Waals surface area contributed by atoms with Crippen LogP contribution >= 0.6 is 0 Å². The number of aromatic hydroxyl groups is 1. The number of methoxy groups -OCH3 is 2. The summed E-state index contributed by atoms with van der Waals surface area (Å²) in [6.45, 7) is 3.84. The molecule has 2 rings (SSSR count). The molecule has 1 aliphatic rings. The van der Waals surface area contributed by atoms with Crippen molar-refractivity contribution in [2.24, 2.45) is 11.8 Å². The number of ether oxygens (including phenoxy) is 2. The second kappa shape index (κ2) is 9.26. The van der Waals surface area contributed by atoms with E-state index in [-0.39, 0.29) is 23.1 Å². The molecule has 27 heavy (non-hydrogen) atoms. The van der Waals surface area contributed by atoms with E-state index in [4.69, 9.17) is 9.47 Å². The molecular formula is C21H27NO5. The minimum absolute atomic E-state index is 0.0160. The molecule has 0 spiro atoms. The molecule has 0 radical (unpaired) electrons. The van der Waals surface area contributed by atoms with Crippen molar-refractivity contribution in [1.82, 2.24) is 4.98 Å². The molecule has 0 bridgehead atoms. The highest BCUT2D eigenvalue weighted by molar-refractivity contribution is 6.00. The Hall–Kier alpha value is -2.76. The summed E-state index contributed by atoms with van der Waals surface area (Å²) in [6, 6.07) is 0. The van der Waals surface area contributed by atoms with Crippen LogP contribution in [0.4, 0.5) is 0 Å². The van der Waals surface area contributed by atoms with Gasteiger partial charge in [-0.05, 0) is 30.8 Å². The van der Waals surface area contributed by atoms with Crippen molar-refractivity contribution >= 4 is 5.78 Å². The average molecular weight is 373 g/mol. The number of aromatic nitrogens is 1. The number of allylic oxidation sites excluding steroid dienone is 6. The van der Waals surface area contributed by atoms with Gasteiger partial charge in [0.05, 0.1) is 14.2 Å². The van der Waals surface area contributed by atoms with Gasteiger partial charge in [-0.1, -0.05) is 44.2 Å². The molecule has 1 aromatic rings. The third-order valence-electron chi connectivity index (χ3n) is 4.61. The summed E-state index contributed by atoms with van der Waals surface area (Å²) >= 11 is 0. The fourth-order valence-corrected chi connectivity index (χ4v) is 3.32. The molecule has 2 N–H and O–H groups in total. The summed E-state index contributed by atoms with van der Waals surface area (Å²) in [5.74, 6) is -1.14. The van der Waals surface area contributed by atoms with Crippen LogP contribution in [0.2, 0.25) is 0 Å². The van der Waals surface area contributed by atoms with E-state index >= 15 is 0 Å². The Morgan fingerprint density at radius 3 is 2.67 bits per heavy atom. The third kappa shape index (κ3) is 4.90. The third-order valence-corrected chi connectivity index (χ3v) is 4.61. The number of Topliss-reactive ketones (excluding diaryl/α,β-unsaturated/α-hetero) is 1. The molecule has 1 aromatic heterocycles. The van der Waals surface area contributed by atoms with Crippen LogP contribution in [0.5, 0.6) is 17.4 Å². The highest BCUT2D eigenvalue weighted by atomic mass is 16.5. The summed E-state index contributed by atoms with van der Waals surface area (Å²) in [5, 5.41) is 10.4. The number of carbonyl (C=O) groups is 1. The number of aromatic amines is 1. The van der Waals surface area contributed by atoms with Crippen molar-refractivity contribution in [1.29, 1.82) is 0 Å². The van der Waals surface area contributed by atoms with Crippen molar-refractivity contribution in [3.63, 3.8) is 0 Å². The van der Waals surface area contributed by atoms with E-state index < -0.39 is 23.0 Å². The highest BCUT2D eigenvalue weighted by Gasteiger charge is 2.28. The average Bonchev–Trinajstić information content (AvgIpc) is 2.89. The Balaban J connectivity index is 2.16. The maximum absolute atomic E-state index is 12.8. The van der Waals surface area contributed by atoms with Crippen LogP contribution in [0, 0.1) is 11.8 Å². The Morgan fingerprint density at radius 1 is 1.26 bits per heavy atom. The van der Waals surface area contributed by atoms with Crippen molar-refractivity contribution in [3.05, 3.63) is 51.9 Å². The molecule has 0 aromatic carbocycles. The summed E-state index contributed by atoms with van der Waals surface area (Å²) in [7, 11) is 2.67. The van der Waals surface area contributed by atoms with Gasteiger partial charge in [0.2, 0.25) is 11.6 Å². The number of H-pyrrole nitrogens is 1. The lowest BCUT2D eigenvalue weighted by atomic mass is 9.87. The molecule has 146 valence electrons. The van der Waals surface area contributed by atoms with Crippen molar-refractivity contribution in [2.75, 3.05) is 14.2 Å². The van der Waals surface area contributed by atoms with Crippen molar-refractivity contribution < 1.29 is 19.4 Å². The van der Waals surface area contributed by atoms with Gasteiger partial charge in [-0.3, -0.25) is 14.6 Å². The molecule has 0 saturated heterocycles. The second-order valence-electron chi connectivity index (χ2n) is 6.86. The van der Waals surface area contributed by atoms with Gasteiger partial charge in [-0.15, -0.1) is 0 Å². The zero-order valence-electron chi connectivity index (χ0n) is 16.2. The number of nitrogens with one attached hydrogen (secondary N) is 1. The fraction of sp³-hybridized carbons (Fsp3) is 0.429. The van der Waals surface area contributed by atoms with Gasteiger partial charge >= 0.3 is 0 Å².